The average molecular weight is 433 g/mol. The van der Waals surface area contributed by atoms with E-state index in [4.69, 9.17) is 0 Å². The molecule has 0 unspecified atom stereocenters. The molecule has 0 saturated heterocycles. The topological polar surface area (TPSA) is 58.1 Å². The second kappa shape index (κ2) is 9.07. The number of aromatic nitrogens is 2. The molecule has 32 heavy (non-hydrogen) atoms. The van der Waals surface area contributed by atoms with Crippen molar-refractivity contribution in [2.24, 2.45) is 0 Å². The Morgan fingerprint density at radius 2 is 1.84 bits per heavy atom. The second-order valence-electron chi connectivity index (χ2n) is 8.10. The maximum Gasteiger partial charge on any atom is 0.251 e. The van der Waals surface area contributed by atoms with Crippen molar-refractivity contribution in [3.63, 3.8) is 0 Å². The van der Waals surface area contributed by atoms with Gasteiger partial charge in [-0.15, -0.1) is 0 Å². The average Bonchev–Trinajstić information content (AvgIpc) is 3.60. The van der Waals surface area contributed by atoms with Crippen molar-refractivity contribution in [3.05, 3.63) is 83.1 Å². The van der Waals surface area contributed by atoms with Gasteiger partial charge in [-0.25, -0.2) is 14.4 Å². The summed E-state index contributed by atoms with van der Waals surface area (Å²) in [5.41, 5.74) is 3.73. The molecule has 1 saturated carbocycles. The highest BCUT2D eigenvalue weighted by Crippen LogP contribution is 2.47. The number of carbonyl (C=O) groups is 1. The summed E-state index contributed by atoms with van der Waals surface area (Å²) >= 11 is 0. The third-order valence-corrected chi connectivity index (χ3v) is 6.00. The normalized spacial score (nSPS) is 15.8. The number of amides is 1. The zero-order chi connectivity index (χ0) is 22.7. The van der Waals surface area contributed by atoms with Gasteiger partial charge in [0.2, 0.25) is 0 Å². The lowest BCUT2D eigenvalue weighted by atomic mass is 9.95. The maximum absolute atomic E-state index is 13.2. The summed E-state index contributed by atoms with van der Waals surface area (Å²) in [5.74, 6) is 1.17. The lowest BCUT2D eigenvalue weighted by Gasteiger charge is -2.31. The molecule has 6 heteroatoms. The van der Waals surface area contributed by atoms with Crippen LogP contribution < -0.4 is 10.2 Å². The molecule has 0 bridgehead atoms. The van der Waals surface area contributed by atoms with E-state index in [1.807, 2.05) is 26.8 Å². The van der Waals surface area contributed by atoms with E-state index in [2.05, 4.69) is 38.4 Å². The number of benzene rings is 2. The molecule has 1 N–H and O–H groups in total. The fourth-order valence-electron chi connectivity index (χ4n) is 4.23. The van der Waals surface area contributed by atoms with Gasteiger partial charge in [-0.3, -0.25) is 4.79 Å². The minimum atomic E-state index is -0.342. The Bertz CT molecular complexity index is 1110. The van der Waals surface area contributed by atoms with Crippen LogP contribution in [0.3, 0.4) is 0 Å². The van der Waals surface area contributed by atoms with E-state index in [9.17, 15) is 9.18 Å². The zero-order valence-corrected chi connectivity index (χ0v) is 18.9. The molecular formula is C26H29FN4O. The fourth-order valence-corrected chi connectivity index (χ4v) is 4.23. The van der Waals surface area contributed by atoms with E-state index in [1.54, 1.807) is 6.20 Å². The first-order valence-electron chi connectivity index (χ1n) is 11.3. The Hall–Kier alpha value is -3.28. The van der Waals surface area contributed by atoms with Crippen molar-refractivity contribution in [1.82, 2.24) is 15.3 Å². The summed E-state index contributed by atoms with van der Waals surface area (Å²) in [4.78, 5) is 23.7. The number of fused-ring (bicyclic) bond motifs is 1. The number of hydrogen-bond acceptors (Lipinski definition) is 4. The Morgan fingerprint density at radius 1 is 1.09 bits per heavy atom. The second-order valence-corrected chi connectivity index (χ2v) is 8.10. The molecular weight excluding hydrogens is 403 g/mol. The molecule has 166 valence electrons. The van der Waals surface area contributed by atoms with Crippen LogP contribution in [-0.2, 0) is 12.0 Å². The molecule has 0 atom stereocenters. The van der Waals surface area contributed by atoms with E-state index >= 15 is 0 Å². The Kier molecular flexibility index (Phi) is 6.21. The van der Waals surface area contributed by atoms with Crippen LogP contribution >= 0.6 is 0 Å². The zero-order valence-electron chi connectivity index (χ0n) is 18.9. The van der Waals surface area contributed by atoms with Gasteiger partial charge < -0.3 is 10.2 Å². The number of carbonyl (C=O) groups excluding carboxylic acids is 1. The van der Waals surface area contributed by atoms with E-state index in [-0.39, 0.29) is 17.3 Å². The van der Waals surface area contributed by atoms with Gasteiger partial charge >= 0.3 is 0 Å². The van der Waals surface area contributed by atoms with Crippen molar-refractivity contribution < 1.29 is 9.18 Å². The van der Waals surface area contributed by atoms with Gasteiger partial charge in [0.15, 0.2) is 0 Å². The Morgan fingerprint density at radius 3 is 2.53 bits per heavy atom. The SMILES string of the molecule is CC.Cc1nccc(N2CCCc3cc(C4(NC(=O)c5ccc(F)cc5)CC4)ccc32)n1. The van der Waals surface area contributed by atoms with Crippen molar-refractivity contribution in [1.29, 1.82) is 0 Å². The molecule has 5 nitrogen and oxygen atoms in total. The lowest BCUT2D eigenvalue weighted by molar-refractivity contribution is 0.0930. The molecule has 1 aliphatic heterocycles. The largest absolute Gasteiger partial charge is 0.343 e. The van der Waals surface area contributed by atoms with Crippen LogP contribution in [0, 0.1) is 12.7 Å². The van der Waals surface area contributed by atoms with Gasteiger partial charge in [0.05, 0.1) is 5.54 Å². The van der Waals surface area contributed by atoms with Gasteiger partial charge in [0.1, 0.15) is 17.5 Å². The third-order valence-electron chi connectivity index (χ3n) is 6.00. The number of aryl methyl sites for hydroxylation is 2. The molecule has 3 aromatic rings. The summed E-state index contributed by atoms with van der Waals surface area (Å²) in [6, 6.07) is 14.1. The Labute approximate surface area is 188 Å². The smallest absolute Gasteiger partial charge is 0.251 e. The van der Waals surface area contributed by atoms with E-state index in [0.717, 1.165) is 49.4 Å². The highest BCUT2D eigenvalue weighted by molar-refractivity contribution is 5.95. The molecule has 1 aromatic heterocycles. The molecule has 2 aliphatic rings. The molecule has 2 aromatic carbocycles. The summed E-state index contributed by atoms with van der Waals surface area (Å²) in [6.45, 7) is 6.83. The van der Waals surface area contributed by atoms with Gasteiger partial charge in [0.25, 0.3) is 5.91 Å². The number of nitrogens with zero attached hydrogens (tertiary/aromatic N) is 3. The minimum Gasteiger partial charge on any atom is -0.343 e. The molecule has 0 radical (unpaired) electrons. The van der Waals surface area contributed by atoms with Crippen LogP contribution in [0.2, 0.25) is 0 Å². The van der Waals surface area contributed by atoms with Crippen LogP contribution in [0.25, 0.3) is 0 Å². The molecule has 1 fully saturated rings. The summed E-state index contributed by atoms with van der Waals surface area (Å²) in [5, 5.41) is 3.18. The maximum atomic E-state index is 13.2. The van der Waals surface area contributed by atoms with Crippen LogP contribution in [0.15, 0.2) is 54.7 Å². The van der Waals surface area contributed by atoms with Gasteiger partial charge in [0, 0.05) is 24.0 Å². The van der Waals surface area contributed by atoms with Crippen molar-refractivity contribution in [3.8, 4) is 0 Å². The predicted molar refractivity (Wildman–Crippen MR) is 125 cm³/mol. The van der Waals surface area contributed by atoms with E-state index < -0.39 is 0 Å². The van der Waals surface area contributed by atoms with Crippen LogP contribution in [0.4, 0.5) is 15.9 Å². The highest BCUT2D eigenvalue weighted by Gasteiger charge is 2.46. The van der Waals surface area contributed by atoms with Crippen LogP contribution in [0.1, 0.15) is 60.4 Å². The van der Waals surface area contributed by atoms with Gasteiger partial charge in [-0.1, -0.05) is 26.0 Å². The van der Waals surface area contributed by atoms with Crippen molar-refractivity contribution in [2.45, 2.75) is 52.0 Å². The molecule has 0 spiro atoms. The summed E-state index contributed by atoms with van der Waals surface area (Å²) < 4.78 is 13.2. The standard InChI is InChI=1S/C24H23FN4O.C2H6/c1-16-26-13-10-22(27-16)29-14-2-3-18-15-19(6-9-21(18)29)24(11-12-24)28-23(30)17-4-7-20(25)8-5-17;1-2/h4-10,13,15H,2-3,11-12,14H2,1H3,(H,28,30);1-2H3. The first-order valence-corrected chi connectivity index (χ1v) is 11.3. The number of anilines is 2. The van der Waals surface area contributed by atoms with Crippen molar-refractivity contribution >= 4 is 17.4 Å². The summed E-state index contributed by atoms with van der Waals surface area (Å²) in [6.07, 6.45) is 5.67. The van der Waals surface area contributed by atoms with Gasteiger partial charge in [-0.2, -0.15) is 0 Å². The Balaban J connectivity index is 0.00000119. The monoisotopic (exact) mass is 432 g/mol. The quantitative estimate of drug-likeness (QED) is 0.595. The number of halogens is 1. The van der Waals surface area contributed by atoms with E-state index in [0.29, 0.717) is 5.56 Å². The minimum absolute atomic E-state index is 0.164. The summed E-state index contributed by atoms with van der Waals surface area (Å²) in [7, 11) is 0. The first-order chi connectivity index (χ1) is 15.5. The van der Waals surface area contributed by atoms with Crippen LogP contribution in [0.5, 0.6) is 0 Å². The van der Waals surface area contributed by atoms with Gasteiger partial charge in [-0.05, 0) is 80.1 Å². The molecule has 1 aliphatic carbocycles. The lowest BCUT2D eigenvalue weighted by Crippen LogP contribution is -2.35. The molecule has 5 rings (SSSR count). The van der Waals surface area contributed by atoms with Crippen LogP contribution in [-0.4, -0.2) is 22.4 Å². The number of hydrogen-bond donors (Lipinski definition) is 1. The molecule has 1 amide bonds. The number of nitrogens with one attached hydrogen (secondary N) is 1. The fraction of sp³-hybridized carbons (Fsp3) is 0.346. The van der Waals surface area contributed by atoms with Crippen molar-refractivity contribution in [2.75, 3.05) is 11.4 Å². The predicted octanol–water partition coefficient (Wildman–Crippen LogP) is 5.45. The first kappa shape index (κ1) is 21.9. The third kappa shape index (κ3) is 4.35. The highest BCUT2D eigenvalue weighted by atomic mass is 19.1. The van der Waals surface area contributed by atoms with E-state index in [1.165, 1.54) is 35.5 Å². The molecule has 2 heterocycles. The number of rotatable bonds is 4.